The van der Waals surface area contributed by atoms with E-state index in [9.17, 15) is 9.59 Å². The summed E-state index contributed by atoms with van der Waals surface area (Å²) in [7, 11) is 0. The number of amides is 1. The van der Waals surface area contributed by atoms with Gasteiger partial charge in [-0.3, -0.25) is 14.5 Å². The number of carbonyl (C=O) groups excluding carboxylic acids is 1. The van der Waals surface area contributed by atoms with E-state index in [0.29, 0.717) is 36.6 Å². The Morgan fingerprint density at radius 2 is 1.70 bits per heavy atom. The highest BCUT2D eigenvalue weighted by Gasteiger charge is 2.24. The number of rotatable bonds is 6. The van der Waals surface area contributed by atoms with Crippen LogP contribution < -0.4 is 10.7 Å². The number of fused-ring (bicyclic) bond motifs is 1. The quantitative estimate of drug-likeness (QED) is 0.608. The minimum Gasteiger partial charge on any atom is -0.450 e. The van der Waals surface area contributed by atoms with E-state index in [2.05, 4.69) is 48.3 Å². The fraction of sp³-hybridized carbons (Fsp3) is 0.407. The maximum atomic E-state index is 13.0. The number of carbonyl (C=O) groups is 1. The third-order valence-electron chi connectivity index (χ3n) is 6.31. The molecule has 174 valence electrons. The van der Waals surface area contributed by atoms with Gasteiger partial charge in [-0.15, -0.1) is 0 Å². The summed E-state index contributed by atoms with van der Waals surface area (Å²) in [6.07, 6.45) is 0. The van der Waals surface area contributed by atoms with Gasteiger partial charge in [0.15, 0.2) is 11.2 Å². The molecule has 0 saturated carbocycles. The smallest absolute Gasteiger partial charge is 0.287 e. The van der Waals surface area contributed by atoms with Crippen molar-refractivity contribution in [2.75, 3.05) is 32.8 Å². The molecule has 2 aromatic carbocycles. The fourth-order valence-corrected chi connectivity index (χ4v) is 4.45. The van der Waals surface area contributed by atoms with Crippen molar-refractivity contribution in [3.8, 4) is 0 Å². The first kappa shape index (κ1) is 23.2. The van der Waals surface area contributed by atoms with Gasteiger partial charge in [0.05, 0.1) is 24.6 Å². The third kappa shape index (κ3) is 5.18. The van der Waals surface area contributed by atoms with E-state index in [1.54, 1.807) is 6.07 Å². The first-order valence-corrected chi connectivity index (χ1v) is 11.6. The summed E-state index contributed by atoms with van der Waals surface area (Å²) in [5.41, 5.74) is 4.52. The highest BCUT2D eigenvalue weighted by atomic mass is 16.5. The largest absolute Gasteiger partial charge is 0.450 e. The molecule has 1 saturated heterocycles. The lowest BCUT2D eigenvalue weighted by Crippen LogP contribution is -2.43. The van der Waals surface area contributed by atoms with Gasteiger partial charge in [-0.1, -0.05) is 44.2 Å². The SMILES string of the molecule is Cc1cc(C)c2oc(C(=O)NCC(c3ccc(C(C)C)cc3)N3CCOCC3)cc(=O)c2c1. The van der Waals surface area contributed by atoms with Gasteiger partial charge < -0.3 is 14.5 Å². The van der Waals surface area contributed by atoms with Crippen molar-refractivity contribution in [1.29, 1.82) is 0 Å². The van der Waals surface area contributed by atoms with Crippen LogP contribution in [0.2, 0.25) is 0 Å². The van der Waals surface area contributed by atoms with Gasteiger partial charge in [0.25, 0.3) is 5.91 Å². The van der Waals surface area contributed by atoms with E-state index in [1.807, 2.05) is 19.9 Å². The highest BCUT2D eigenvalue weighted by molar-refractivity contribution is 5.93. The van der Waals surface area contributed by atoms with Crippen LogP contribution in [0, 0.1) is 13.8 Å². The molecule has 1 fully saturated rings. The molecule has 1 aliphatic heterocycles. The minimum absolute atomic E-state index is 0.00984. The Morgan fingerprint density at radius 3 is 2.36 bits per heavy atom. The zero-order valence-electron chi connectivity index (χ0n) is 19.8. The lowest BCUT2D eigenvalue weighted by molar-refractivity contribution is 0.0161. The van der Waals surface area contributed by atoms with Gasteiger partial charge in [0.2, 0.25) is 0 Å². The lowest BCUT2D eigenvalue weighted by atomic mass is 9.98. The van der Waals surface area contributed by atoms with Crippen molar-refractivity contribution in [1.82, 2.24) is 10.2 Å². The zero-order chi connectivity index (χ0) is 23.5. The predicted octanol–water partition coefficient (Wildman–Crippen LogP) is 4.34. The van der Waals surface area contributed by atoms with Crippen LogP contribution in [0.1, 0.15) is 58.6 Å². The standard InChI is InChI=1S/C27H32N2O4/c1-17(2)20-5-7-21(8-6-20)23(29-9-11-32-12-10-29)16-28-27(31)25-15-24(30)22-14-18(3)13-19(4)26(22)33-25/h5-8,13-15,17,23H,9-12,16H2,1-4H3,(H,28,31). The molecule has 3 aromatic rings. The Hall–Kier alpha value is -2.96. The molecule has 1 aromatic heterocycles. The van der Waals surface area contributed by atoms with Crippen LogP contribution in [0.25, 0.3) is 11.0 Å². The van der Waals surface area contributed by atoms with E-state index < -0.39 is 0 Å². The molecule has 6 nitrogen and oxygen atoms in total. The summed E-state index contributed by atoms with van der Waals surface area (Å²) < 4.78 is 11.4. The van der Waals surface area contributed by atoms with Gasteiger partial charge in [0, 0.05) is 25.7 Å². The van der Waals surface area contributed by atoms with Crippen molar-refractivity contribution < 1.29 is 13.9 Å². The van der Waals surface area contributed by atoms with Crippen LogP contribution in [0.15, 0.2) is 51.7 Å². The number of aryl methyl sites for hydroxylation is 2. The lowest BCUT2D eigenvalue weighted by Gasteiger charge is -2.35. The molecule has 0 radical (unpaired) electrons. The van der Waals surface area contributed by atoms with Gasteiger partial charge in [-0.2, -0.15) is 0 Å². The molecule has 1 N–H and O–H groups in total. The second-order valence-electron chi connectivity index (χ2n) is 9.13. The van der Waals surface area contributed by atoms with Gasteiger partial charge in [-0.05, 0) is 48.1 Å². The van der Waals surface area contributed by atoms with Gasteiger partial charge in [-0.25, -0.2) is 0 Å². The van der Waals surface area contributed by atoms with Crippen molar-refractivity contribution >= 4 is 16.9 Å². The van der Waals surface area contributed by atoms with E-state index in [0.717, 1.165) is 29.8 Å². The molecule has 0 bridgehead atoms. The molecule has 1 unspecified atom stereocenters. The fourth-order valence-electron chi connectivity index (χ4n) is 4.45. The van der Waals surface area contributed by atoms with Crippen LogP contribution in [0.5, 0.6) is 0 Å². The second kappa shape index (κ2) is 9.89. The van der Waals surface area contributed by atoms with Gasteiger partial charge >= 0.3 is 0 Å². The summed E-state index contributed by atoms with van der Waals surface area (Å²) in [6, 6.07) is 13.6. The molecule has 6 heteroatoms. The van der Waals surface area contributed by atoms with Crippen molar-refractivity contribution in [3.05, 3.63) is 80.7 Å². The molecular formula is C27H32N2O4. The van der Waals surface area contributed by atoms with Crippen molar-refractivity contribution in [3.63, 3.8) is 0 Å². The Bertz CT molecular complexity index is 1190. The molecular weight excluding hydrogens is 416 g/mol. The van der Waals surface area contributed by atoms with E-state index in [-0.39, 0.29) is 23.1 Å². The van der Waals surface area contributed by atoms with Crippen LogP contribution in [-0.2, 0) is 4.74 Å². The summed E-state index contributed by atoms with van der Waals surface area (Å²) in [4.78, 5) is 28.0. The summed E-state index contributed by atoms with van der Waals surface area (Å²) in [5.74, 6) is 0.116. The molecule has 1 amide bonds. The number of morpholine rings is 1. The average molecular weight is 449 g/mol. The van der Waals surface area contributed by atoms with E-state index >= 15 is 0 Å². The number of hydrogen-bond donors (Lipinski definition) is 1. The molecule has 0 aliphatic carbocycles. The molecule has 4 rings (SSSR count). The number of hydrogen-bond acceptors (Lipinski definition) is 5. The summed E-state index contributed by atoms with van der Waals surface area (Å²) >= 11 is 0. The summed E-state index contributed by atoms with van der Waals surface area (Å²) in [5, 5.41) is 3.50. The first-order valence-electron chi connectivity index (χ1n) is 11.6. The molecule has 1 aliphatic rings. The third-order valence-corrected chi connectivity index (χ3v) is 6.31. The Balaban J connectivity index is 1.57. The maximum absolute atomic E-state index is 13.0. The van der Waals surface area contributed by atoms with E-state index in [4.69, 9.17) is 9.15 Å². The Morgan fingerprint density at radius 1 is 1.03 bits per heavy atom. The minimum atomic E-state index is -0.383. The zero-order valence-corrected chi connectivity index (χ0v) is 19.8. The van der Waals surface area contributed by atoms with Crippen LogP contribution in [0.4, 0.5) is 0 Å². The average Bonchev–Trinajstić information content (AvgIpc) is 2.80. The van der Waals surface area contributed by atoms with Crippen LogP contribution in [0.3, 0.4) is 0 Å². The van der Waals surface area contributed by atoms with E-state index in [1.165, 1.54) is 11.6 Å². The molecule has 33 heavy (non-hydrogen) atoms. The Labute approximate surface area is 194 Å². The number of nitrogens with one attached hydrogen (secondary N) is 1. The number of ether oxygens (including phenoxy) is 1. The monoisotopic (exact) mass is 448 g/mol. The first-order chi connectivity index (χ1) is 15.8. The number of benzene rings is 2. The summed E-state index contributed by atoms with van der Waals surface area (Å²) in [6.45, 7) is 11.5. The van der Waals surface area contributed by atoms with Crippen molar-refractivity contribution in [2.45, 2.75) is 39.7 Å². The number of nitrogens with zero attached hydrogens (tertiary/aromatic N) is 1. The Kier molecular flexibility index (Phi) is 6.96. The molecule has 0 spiro atoms. The second-order valence-corrected chi connectivity index (χ2v) is 9.13. The van der Waals surface area contributed by atoms with Crippen LogP contribution >= 0.6 is 0 Å². The van der Waals surface area contributed by atoms with Gasteiger partial charge in [0.1, 0.15) is 5.58 Å². The molecule has 2 heterocycles. The predicted molar refractivity (Wildman–Crippen MR) is 130 cm³/mol. The van der Waals surface area contributed by atoms with Crippen LogP contribution in [-0.4, -0.2) is 43.7 Å². The highest BCUT2D eigenvalue weighted by Crippen LogP contribution is 2.24. The topological polar surface area (TPSA) is 71.8 Å². The molecule has 1 atom stereocenters. The maximum Gasteiger partial charge on any atom is 0.287 e. The normalized spacial score (nSPS) is 15.7. The van der Waals surface area contributed by atoms with Crippen molar-refractivity contribution in [2.24, 2.45) is 0 Å².